The molecule has 4 nitrogen and oxygen atoms in total. The summed E-state index contributed by atoms with van der Waals surface area (Å²) in [7, 11) is -3.15. The zero-order valence-corrected chi connectivity index (χ0v) is 10.1. The molecule has 0 unspecified atom stereocenters. The van der Waals surface area contributed by atoms with Gasteiger partial charge in [-0.1, -0.05) is 25.1 Å². The molecule has 16 heavy (non-hydrogen) atoms. The second-order valence-corrected chi connectivity index (χ2v) is 5.80. The first-order valence-electron chi connectivity index (χ1n) is 5.43. The molecule has 88 valence electrons. The highest BCUT2D eigenvalue weighted by Crippen LogP contribution is 2.21. The number of hydrogen-bond donors (Lipinski definition) is 1. The fourth-order valence-electron chi connectivity index (χ4n) is 1.92. The molecule has 5 heteroatoms. The van der Waals surface area contributed by atoms with Gasteiger partial charge >= 0.3 is 0 Å². The molecular formula is C11H16N2O2S. The molecule has 0 aliphatic carbocycles. The molecule has 1 aliphatic heterocycles. The summed E-state index contributed by atoms with van der Waals surface area (Å²) in [5.41, 5.74) is 1.78. The van der Waals surface area contributed by atoms with Crippen molar-refractivity contribution in [2.75, 3.05) is 25.0 Å². The SMILES string of the molecule is CCN1CCNc2ccccc2CS1(=O)=O. The maximum atomic E-state index is 12.0. The van der Waals surface area contributed by atoms with Gasteiger partial charge in [-0.15, -0.1) is 0 Å². The van der Waals surface area contributed by atoms with Crippen molar-refractivity contribution in [1.82, 2.24) is 4.31 Å². The number of anilines is 1. The van der Waals surface area contributed by atoms with Crippen LogP contribution in [0.25, 0.3) is 0 Å². The van der Waals surface area contributed by atoms with Gasteiger partial charge in [0, 0.05) is 25.3 Å². The van der Waals surface area contributed by atoms with E-state index in [9.17, 15) is 8.42 Å². The van der Waals surface area contributed by atoms with Crippen molar-refractivity contribution in [3.63, 3.8) is 0 Å². The minimum absolute atomic E-state index is 0.0873. The summed E-state index contributed by atoms with van der Waals surface area (Å²) in [6, 6.07) is 7.57. The summed E-state index contributed by atoms with van der Waals surface area (Å²) in [5.74, 6) is 0.0873. The molecule has 0 saturated heterocycles. The molecule has 1 heterocycles. The van der Waals surface area contributed by atoms with E-state index in [1.165, 1.54) is 4.31 Å². The van der Waals surface area contributed by atoms with E-state index in [2.05, 4.69) is 5.32 Å². The summed E-state index contributed by atoms with van der Waals surface area (Å²) in [4.78, 5) is 0. The van der Waals surface area contributed by atoms with Gasteiger partial charge in [0.25, 0.3) is 0 Å². The lowest BCUT2D eigenvalue weighted by molar-refractivity contribution is 0.437. The van der Waals surface area contributed by atoms with Gasteiger partial charge in [0.15, 0.2) is 0 Å². The van der Waals surface area contributed by atoms with E-state index in [1.807, 2.05) is 31.2 Å². The molecule has 2 rings (SSSR count). The first kappa shape index (κ1) is 11.4. The average molecular weight is 240 g/mol. The molecule has 0 radical (unpaired) electrons. The van der Waals surface area contributed by atoms with Crippen LogP contribution in [-0.2, 0) is 15.8 Å². The Hall–Kier alpha value is -1.07. The van der Waals surface area contributed by atoms with E-state index >= 15 is 0 Å². The van der Waals surface area contributed by atoms with Crippen LogP contribution in [0.5, 0.6) is 0 Å². The van der Waals surface area contributed by atoms with E-state index in [0.29, 0.717) is 19.6 Å². The predicted octanol–water partition coefficient (Wildman–Crippen LogP) is 1.26. The maximum Gasteiger partial charge on any atom is 0.218 e. The topological polar surface area (TPSA) is 49.4 Å². The van der Waals surface area contributed by atoms with Gasteiger partial charge in [0.1, 0.15) is 0 Å². The molecule has 1 aliphatic rings. The van der Waals surface area contributed by atoms with E-state index in [0.717, 1.165) is 11.3 Å². The Balaban J connectivity index is 2.38. The van der Waals surface area contributed by atoms with Crippen LogP contribution in [0.4, 0.5) is 5.69 Å². The molecule has 0 atom stereocenters. The Labute approximate surface area is 96.3 Å². The quantitative estimate of drug-likeness (QED) is 0.804. The van der Waals surface area contributed by atoms with Crippen LogP contribution in [0.15, 0.2) is 24.3 Å². The van der Waals surface area contributed by atoms with Gasteiger partial charge in [-0.05, 0) is 11.6 Å². The number of sulfonamides is 1. The van der Waals surface area contributed by atoms with Gasteiger partial charge in [-0.25, -0.2) is 12.7 Å². The third-order valence-electron chi connectivity index (χ3n) is 2.78. The third kappa shape index (κ3) is 2.20. The van der Waals surface area contributed by atoms with Gasteiger partial charge in [-0.2, -0.15) is 0 Å². The fourth-order valence-corrected chi connectivity index (χ4v) is 3.51. The Kier molecular flexibility index (Phi) is 3.16. The molecule has 1 aromatic rings. The monoisotopic (exact) mass is 240 g/mol. The number of nitrogens with one attached hydrogen (secondary N) is 1. The minimum atomic E-state index is -3.15. The van der Waals surface area contributed by atoms with Gasteiger partial charge in [0.2, 0.25) is 10.0 Å². The standard InChI is InChI=1S/C11H16N2O2S/c1-2-13-8-7-12-11-6-4-3-5-10(11)9-16(13,14)15/h3-6,12H,2,7-9H2,1H3. The summed E-state index contributed by atoms with van der Waals surface area (Å²) >= 11 is 0. The van der Waals surface area contributed by atoms with Crippen LogP contribution >= 0.6 is 0 Å². The van der Waals surface area contributed by atoms with Crippen molar-refractivity contribution in [2.24, 2.45) is 0 Å². The van der Waals surface area contributed by atoms with Crippen molar-refractivity contribution >= 4 is 15.7 Å². The summed E-state index contributed by atoms with van der Waals surface area (Å²) < 4.78 is 25.6. The second-order valence-electron chi connectivity index (χ2n) is 3.83. The summed E-state index contributed by atoms with van der Waals surface area (Å²) in [6.07, 6.45) is 0. The van der Waals surface area contributed by atoms with Crippen LogP contribution in [0.3, 0.4) is 0 Å². The third-order valence-corrected chi connectivity index (χ3v) is 4.68. The van der Waals surface area contributed by atoms with Crippen molar-refractivity contribution in [2.45, 2.75) is 12.7 Å². The van der Waals surface area contributed by atoms with Gasteiger partial charge in [-0.3, -0.25) is 0 Å². The number of para-hydroxylation sites is 1. The first-order valence-corrected chi connectivity index (χ1v) is 7.04. The second kappa shape index (κ2) is 4.43. The predicted molar refractivity (Wildman–Crippen MR) is 64.8 cm³/mol. The van der Waals surface area contributed by atoms with Crippen LogP contribution in [0, 0.1) is 0 Å². The lowest BCUT2D eigenvalue weighted by Crippen LogP contribution is -2.37. The Bertz CT molecular complexity index is 471. The van der Waals surface area contributed by atoms with Crippen molar-refractivity contribution in [3.05, 3.63) is 29.8 Å². The van der Waals surface area contributed by atoms with E-state index in [-0.39, 0.29) is 5.75 Å². The summed E-state index contributed by atoms with van der Waals surface area (Å²) in [5, 5.41) is 3.26. The molecule has 0 fully saturated rings. The van der Waals surface area contributed by atoms with Crippen LogP contribution in [-0.4, -0.2) is 32.4 Å². The molecular weight excluding hydrogens is 224 g/mol. The largest absolute Gasteiger partial charge is 0.383 e. The van der Waals surface area contributed by atoms with Crippen LogP contribution in [0.1, 0.15) is 12.5 Å². The van der Waals surface area contributed by atoms with Crippen molar-refractivity contribution in [1.29, 1.82) is 0 Å². The van der Waals surface area contributed by atoms with Crippen molar-refractivity contribution < 1.29 is 8.42 Å². The molecule has 0 amide bonds. The maximum absolute atomic E-state index is 12.0. The number of hydrogen-bond acceptors (Lipinski definition) is 3. The van der Waals surface area contributed by atoms with Crippen LogP contribution < -0.4 is 5.32 Å². The summed E-state index contributed by atoms with van der Waals surface area (Å²) in [6.45, 7) is 3.59. The van der Waals surface area contributed by atoms with E-state index in [4.69, 9.17) is 0 Å². The van der Waals surface area contributed by atoms with Crippen LogP contribution in [0.2, 0.25) is 0 Å². The smallest absolute Gasteiger partial charge is 0.218 e. The Morgan fingerprint density at radius 1 is 1.38 bits per heavy atom. The molecule has 0 saturated carbocycles. The Morgan fingerprint density at radius 3 is 2.88 bits per heavy atom. The van der Waals surface area contributed by atoms with E-state index < -0.39 is 10.0 Å². The van der Waals surface area contributed by atoms with Crippen molar-refractivity contribution in [3.8, 4) is 0 Å². The number of likely N-dealkylation sites (N-methyl/N-ethyl adjacent to an activating group) is 1. The molecule has 0 bridgehead atoms. The van der Waals surface area contributed by atoms with E-state index in [1.54, 1.807) is 0 Å². The number of rotatable bonds is 1. The zero-order chi connectivity index (χ0) is 11.6. The highest BCUT2D eigenvalue weighted by Gasteiger charge is 2.23. The average Bonchev–Trinajstić information content (AvgIpc) is 2.23. The van der Waals surface area contributed by atoms with Gasteiger partial charge in [0.05, 0.1) is 5.75 Å². The first-order chi connectivity index (χ1) is 7.63. The molecule has 0 spiro atoms. The normalized spacial score (nSPS) is 20.3. The minimum Gasteiger partial charge on any atom is -0.383 e. The Morgan fingerprint density at radius 2 is 2.12 bits per heavy atom. The molecule has 1 N–H and O–H groups in total. The lowest BCUT2D eigenvalue weighted by atomic mass is 10.2. The van der Waals surface area contributed by atoms with Gasteiger partial charge < -0.3 is 5.32 Å². The highest BCUT2D eigenvalue weighted by molar-refractivity contribution is 7.88. The zero-order valence-electron chi connectivity index (χ0n) is 9.31. The molecule has 0 aromatic heterocycles. The lowest BCUT2D eigenvalue weighted by Gasteiger charge is -2.25. The number of nitrogens with zero attached hydrogens (tertiary/aromatic N) is 1. The number of benzene rings is 1. The fraction of sp³-hybridized carbons (Fsp3) is 0.455. The number of fused-ring (bicyclic) bond motifs is 1. The molecule has 1 aromatic carbocycles. The highest BCUT2D eigenvalue weighted by atomic mass is 32.2.